The molecule has 0 spiro atoms. The van der Waals surface area contributed by atoms with Crippen LogP contribution in [0.3, 0.4) is 0 Å². The van der Waals surface area contributed by atoms with Gasteiger partial charge in [0.05, 0.1) is 6.20 Å². The van der Waals surface area contributed by atoms with Gasteiger partial charge in [-0.1, -0.05) is 6.92 Å². The molecule has 2 fully saturated rings. The fourth-order valence-electron chi connectivity index (χ4n) is 3.40. The molecule has 0 bridgehead atoms. The van der Waals surface area contributed by atoms with Crippen LogP contribution in [0.1, 0.15) is 31.7 Å². The number of nitrogens with zero attached hydrogens (tertiary/aromatic N) is 2. The van der Waals surface area contributed by atoms with Gasteiger partial charge in [0.2, 0.25) is 0 Å². The van der Waals surface area contributed by atoms with Crippen molar-refractivity contribution in [2.75, 3.05) is 19.6 Å². The summed E-state index contributed by atoms with van der Waals surface area (Å²) in [5, 5.41) is 9.85. The smallest absolute Gasteiger partial charge is 0.258 e. The van der Waals surface area contributed by atoms with Gasteiger partial charge in [0.25, 0.3) is 10.0 Å². The van der Waals surface area contributed by atoms with Crippen LogP contribution >= 0.6 is 0 Å². The predicted molar refractivity (Wildman–Crippen MR) is 79.3 cm³/mol. The highest BCUT2D eigenvalue weighted by molar-refractivity contribution is 7.89. The third-order valence-electron chi connectivity index (χ3n) is 4.42. The first-order valence-corrected chi connectivity index (χ1v) is 9.09. The van der Waals surface area contributed by atoms with Crippen LogP contribution in [0.2, 0.25) is 0 Å². The van der Waals surface area contributed by atoms with Crippen molar-refractivity contribution in [1.29, 1.82) is 0 Å². The van der Waals surface area contributed by atoms with Crippen LogP contribution in [0.25, 0.3) is 0 Å². The Morgan fingerprint density at radius 2 is 2.29 bits per heavy atom. The number of rotatable bonds is 6. The number of aromatic amines is 1. The Balaban J connectivity index is 1.73. The summed E-state index contributed by atoms with van der Waals surface area (Å²) >= 11 is 0. The van der Waals surface area contributed by atoms with Gasteiger partial charge in [0, 0.05) is 30.7 Å². The normalized spacial score (nSPS) is 26.3. The Morgan fingerprint density at radius 1 is 1.43 bits per heavy atom. The average molecular weight is 313 g/mol. The van der Waals surface area contributed by atoms with E-state index in [0.29, 0.717) is 18.2 Å². The van der Waals surface area contributed by atoms with Crippen LogP contribution in [0.15, 0.2) is 11.2 Å². The van der Waals surface area contributed by atoms with Crippen molar-refractivity contribution in [3.8, 4) is 0 Å². The number of fused-ring (bicyclic) bond motifs is 1. The Labute approximate surface area is 125 Å². The number of hydrogen-bond donors (Lipinski definition) is 3. The third kappa shape index (κ3) is 2.98. The largest absolute Gasteiger partial charge is 0.313 e. The average Bonchev–Trinajstić information content (AvgIpc) is 3.13. The second-order valence-electron chi connectivity index (χ2n) is 5.77. The quantitative estimate of drug-likeness (QED) is 0.689. The molecule has 2 unspecified atom stereocenters. The van der Waals surface area contributed by atoms with Crippen LogP contribution in [-0.4, -0.2) is 55.2 Å². The molecule has 3 heterocycles. The Morgan fingerprint density at radius 3 is 3.10 bits per heavy atom. The lowest BCUT2D eigenvalue weighted by Crippen LogP contribution is -2.42. The minimum atomic E-state index is -3.53. The van der Waals surface area contributed by atoms with E-state index in [4.69, 9.17) is 0 Å². The van der Waals surface area contributed by atoms with E-state index >= 15 is 0 Å². The fraction of sp³-hybridized carbons (Fsp3) is 0.769. The maximum atomic E-state index is 12.6. The lowest BCUT2D eigenvalue weighted by molar-refractivity contribution is 0.308. The highest BCUT2D eigenvalue weighted by Crippen LogP contribution is 2.29. The fourth-order valence-corrected chi connectivity index (χ4v) is 4.83. The van der Waals surface area contributed by atoms with Gasteiger partial charge in [0.15, 0.2) is 5.03 Å². The second-order valence-corrected chi connectivity index (χ2v) is 7.42. The molecule has 3 rings (SSSR count). The van der Waals surface area contributed by atoms with Crippen LogP contribution < -0.4 is 10.0 Å². The summed E-state index contributed by atoms with van der Waals surface area (Å²) in [5.74, 6) is 0. The summed E-state index contributed by atoms with van der Waals surface area (Å²) in [6.07, 6.45) is 4.72. The number of hydrogen-bond acceptors (Lipinski definition) is 5. The SMILES string of the molecule is CCNCc1cn[nH]c1S(=O)(=O)NC1CCN2CCCC12. The Hall–Kier alpha value is -0.960. The van der Waals surface area contributed by atoms with Crippen molar-refractivity contribution in [1.82, 2.24) is 25.1 Å². The van der Waals surface area contributed by atoms with E-state index in [-0.39, 0.29) is 11.1 Å². The van der Waals surface area contributed by atoms with Gasteiger partial charge in [0.1, 0.15) is 0 Å². The topological polar surface area (TPSA) is 90.1 Å². The summed E-state index contributed by atoms with van der Waals surface area (Å²) in [4.78, 5) is 2.39. The van der Waals surface area contributed by atoms with Crippen molar-refractivity contribution >= 4 is 10.0 Å². The molecule has 1 aromatic rings. The molecular weight excluding hydrogens is 290 g/mol. The van der Waals surface area contributed by atoms with Crippen molar-refractivity contribution in [2.24, 2.45) is 0 Å². The third-order valence-corrected chi connectivity index (χ3v) is 5.93. The maximum Gasteiger partial charge on any atom is 0.258 e. The number of sulfonamides is 1. The summed E-state index contributed by atoms with van der Waals surface area (Å²) in [7, 11) is -3.53. The van der Waals surface area contributed by atoms with Crippen LogP contribution in [0, 0.1) is 0 Å². The van der Waals surface area contributed by atoms with Gasteiger partial charge in [-0.05, 0) is 32.4 Å². The van der Waals surface area contributed by atoms with Gasteiger partial charge in [-0.15, -0.1) is 0 Å². The summed E-state index contributed by atoms with van der Waals surface area (Å²) in [6, 6.07) is 0.382. The van der Waals surface area contributed by atoms with Gasteiger partial charge in [-0.2, -0.15) is 5.10 Å². The molecule has 2 aliphatic rings. The monoisotopic (exact) mass is 313 g/mol. The molecule has 2 saturated heterocycles. The predicted octanol–water partition coefficient (Wildman–Crippen LogP) is 0.0342. The molecule has 0 amide bonds. The summed E-state index contributed by atoms with van der Waals surface area (Å²) in [6.45, 7) is 5.37. The Kier molecular flexibility index (Phi) is 4.30. The molecule has 1 aromatic heterocycles. The lowest BCUT2D eigenvalue weighted by atomic mass is 10.1. The molecule has 0 aromatic carbocycles. The second kappa shape index (κ2) is 6.04. The van der Waals surface area contributed by atoms with Crippen LogP contribution in [-0.2, 0) is 16.6 Å². The Bertz CT molecular complexity index is 585. The summed E-state index contributed by atoms with van der Waals surface area (Å²) in [5.41, 5.74) is 0.686. The molecular formula is C13H23N5O2S. The molecule has 21 heavy (non-hydrogen) atoms. The zero-order valence-electron chi connectivity index (χ0n) is 12.3. The molecule has 0 aliphatic carbocycles. The summed E-state index contributed by atoms with van der Waals surface area (Å²) < 4.78 is 28.1. The number of nitrogens with one attached hydrogen (secondary N) is 3. The maximum absolute atomic E-state index is 12.6. The van der Waals surface area contributed by atoms with E-state index in [2.05, 4.69) is 25.1 Å². The standard InChI is InChI=1S/C13H23N5O2S/c1-2-14-8-10-9-15-16-13(10)21(19,20)17-11-5-7-18-6-3-4-12(11)18/h9,11-12,14,17H,2-8H2,1H3,(H,15,16). The van der Waals surface area contributed by atoms with Gasteiger partial charge < -0.3 is 5.32 Å². The van der Waals surface area contributed by atoms with Crippen molar-refractivity contribution in [3.05, 3.63) is 11.8 Å². The molecule has 118 valence electrons. The molecule has 0 radical (unpaired) electrons. The van der Waals surface area contributed by atoms with Crippen LogP contribution in [0.5, 0.6) is 0 Å². The number of H-pyrrole nitrogens is 1. The highest BCUT2D eigenvalue weighted by Gasteiger charge is 2.39. The molecule has 2 atom stereocenters. The van der Waals surface area contributed by atoms with E-state index in [1.165, 1.54) is 6.42 Å². The molecule has 7 nitrogen and oxygen atoms in total. The van der Waals surface area contributed by atoms with E-state index in [9.17, 15) is 8.42 Å². The van der Waals surface area contributed by atoms with Gasteiger partial charge in [-0.25, -0.2) is 13.1 Å². The molecule has 2 aliphatic heterocycles. The van der Waals surface area contributed by atoms with Gasteiger partial charge in [-0.3, -0.25) is 10.00 Å². The lowest BCUT2D eigenvalue weighted by Gasteiger charge is -2.21. The first-order valence-electron chi connectivity index (χ1n) is 7.61. The van der Waals surface area contributed by atoms with Crippen molar-refractivity contribution < 1.29 is 8.42 Å². The first kappa shape index (κ1) is 15.0. The van der Waals surface area contributed by atoms with Crippen molar-refractivity contribution in [2.45, 2.75) is 49.8 Å². The molecule has 0 saturated carbocycles. The number of aromatic nitrogens is 2. The highest BCUT2D eigenvalue weighted by atomic mass is 32.2. The zero-order chi connectivity index (χ0) is 14.9. The molecule has 3 N–H and O–H groups in total. The molecule has 8 heteroatoms. The minimum absolute atomic E-state index is 0.0211. The van der Waals surface area contributed by atoms with E-state index in [1.807, 2.05) is 6.92 Å². The van der Waals surface area contributed by atoms with E-state index < -0.39 is 10.0 Å². The van der Waals surface area contributed by atoms with Gasteiger partial charge >= 0.3 is 0 Å². The van der Waals surface area contributed by atoms with Crippen molar-refractivity contribution in [3.63, 3.8) is 0 Å². The minimum Gasteiger partial charge on any atom is -0.313 e. The van der Waals surface area contributed by atoms with E-state index in [0.717, 1.165) is 32.5 Å². The van der Waals surface area contributed by atoms with E-state index in [1.54, 1.807) is 6.20 Å². The zero-order valence-corrected chi connectivity index (χ0v) is 13.1. The van der Waals surface area contributed by atoms with Crippen LogP contribution in [0.4, 0.5) is 0 Å². The first-order chi connectivity index (χ1) is 10.1.